The van der Waals surface area contributed by atoms with E-state index in [0.29, 0.717) is 0 Å². The summed E-state index contributed by atoms with van der Waals surface area (Å²) in [6.45, 7) is 0. The highest BCUT2D eigenvalue weighted by Gasteiger charge is 2.10. The topological polar surface area (TPSA) is 73.0 Å². The van der Waals surface area contributed by atoms with Crippen LogP contribution in [0.2, 0.25) is 0 Å². The number of carbonyl (C=O) groups is 1. The number of rotatable bonds is 3. The average molecular weight is 208 g/mol. The third kappa shape index (κ3) is 1.88. The van der Waals surface area contributed by atoms with E-state index >= 15 is 0 Å². The van der Waals surface area contributed by atoms with Crippen molar-refractivity contribution in [2.24, 2.45) is 5.73 Å². The second kappa shape index (κ2) is 3.71. The third-order valence-corrected chi connectivity index (χ3v) is 2.70. The highest BCUT2D eigenvalue weighted by atomic mass is 32.2. The fraction of sp³-hybridized carbons (Fsp3) is 0.111. The number of para-hydroxylation sites is 2. The van der Waals surface area contributed by atoms with Gasteiger partial charge in [-0.05, 0) is 23.9 Å². The quantitative estimate of drug-likeness (QED) is 0.723. The number of hydrogen-bond acceptors (Lipinski definition) is 2. The molecule has 0 unspecified atom stereocenters. The monoisotopic (exact) mass is 208 g/mol. The molecule has 0 saturated heterocycles. The molecule has 1 heterocycles. The first-order valence-electron chi connectivity index (χ1n) is 4.17. The maximum atomic E-state index is 10.6. The predicted octanol–water partition coefficient (Wildman–Crippen LogP) is 0.559. The highest BCUT2D eigenvalue weighted by molar-refractivity contribution is 7.99. The Bertz CT molecular complexity index is 433. The molecular formula is C9H10N3OS+. The number of benzene rings is 1. The summed E-state index contributed by atoms with van der Waals surface area (Å²) >= 11 is 1.37. The summed E-state index contributed by atoms with van der Waals surface area (Å²) in [4.78, 5) is 16.9. The minimum atomic E-state index is -0.318. The van der Waals surface area contributed by atoms with Gasteiger partial charge in [0.05, 0.1) is 5.75 Å². The zero-order valence-electron chi connectivity index (χ0n) is 7.41. The van der Waals surface area contributed by atoms with E-state index in [9.17, 15) is 4.79 Å². The average Bonchev–Trinajstić information content (AvgIpc) is 2.57. The number of nitrogens with one attached hydrogen (secondary N) is 2. The van der Waals surface area contributed by atoms with Crippen LogP contribution in [0.25, 0.3) is 11.0 Å². The van der Waals surface area contributed by atoms with Gasteiger partial charge in [-0.25, -0.2) is 9.97 Å². The molecule has 5 heteroatoms. The van der Waals surface area contributed by atoms with Gasteiger partial charge in [0.1, 0.15) is 0 Å². The van der Waals surface area contributed by atoms with Crippen LogP contribution in [0.1, 0.15) is 0 Å². The number of aromatic nitrogens is 2. The number of hydrogen-bond donors (Lipinski definition) is 2. The first-order chi connectivity index (χ1) is 6.75. The molecule has 0 aliphatic rings. The molecule has 4 N–H and O–H groups in total. The Labute approximate surface area is 84.9 Å². The molecule has 14 heavy (non-hydrogen) atoms. The van der Waals surface area contributed by atoms with Gasteiger partial charge in [0, 0.05) is 0 Å². The summed E-state index contributed by atoms with van der Waals surface area (Å²) in [5, 5.41) is 0.852. The standard InChI is InChI=1S/C9H9N3OS/c10-8(13)5-14-9-11-6-3-1-2-4-7(6)12-9/h1-4H,5H2,(H2,10,13)(H,11,12)/p+1. The van der Waals surface area contributed by atoms with Gasteiger partial charge in [0.15, 0.2) is 11.0 Å². The lowest BCUT2D eigenvalue weighted by molar-refractivity contribution is -0.396. The van der Waals surface area contributed by atoms with Crippen molar-refractivity contribution in [2.45, 2.75) is 5.16 Å². The molecule has 1 aromatic carbocycles. The van der Waals surface area contributed by atoms with Crippen molar-refractivity contribution in [3.8, 4) is 0 Å². The summed E-state index contributed by atoms with van der Waals surface area (Å²) in [6, 6.07) is 7.85. The molecule has 4 nitrogen and oxygen atoms in total. The fourth-order valence-corrected chi connectivity index (χ4v) is 1.84. The van der Waals surface area contributed by atoms with Crippen LogP contribution in [0.5, 0.6) is 0 Å². The molecule has 2 aromatic rings. The lowest BCUT2D eigenvalue weighted by atomic mass is 10.3. The Morgan fingerprint density at radius 2 is 2.29 bits per heavy atom. The number of amides is 1. The van der Waals surface area contributed by atoms with Crippen LogP contribution in [0.15, 0.2) is 29.4 Å². The minimum Gasteiger partial charge on any atom is -0.369 e. The van der Waals surface area contributed by atoms with E-state index in [1.54, 1.807) is 0 Å². The maximum Gasteiger partial charge on any atom is 0.315 e. The largest absolute Gasteiger partial charge is 0.369 e. The zero-order chi connectivity index (χ0) is 9.97. The normalized spacial score (nSPS) is 10.6. The van der Waals surface area contributed by atoms with E-state index in [1.807, 2.05) is 24.3 Å². The molecule has 0 fully saturated rings. The first kappa shape index (κ1) is 9.08. The number of aromatic amines is 2. The van der Waals surface area contributed by atoms with E-state index in [1.165, 1.54) is 11.8 Å². The van der Waals surface area contributed by atoms with Crippen LogP contribution < -0.4 is 10.7 Å². The highest BCUT2D eigenvalue weighted by Crippen LogP contribution is 2.14. The van der Waals surface area contributed by atoms with E-state index < -0.39 is 0 Å². The Hall–Kier alpha value is -1.49. The van der Waals surface area contributed by atoms with Gasteiger partial charge >= 0.3 is 5.16 Å². The lowest BCUT2D eigenvalue weighted by Crippen LogP contribution is -2.14. The fourth-order valence-electron chi connectivity index (χ4n) is 1.19. The lowest BCUT2D eigenvalue weighted by Gasteiger charge is -1.85. The van der Waals surface area contributed by atoms with Gasteiger partial charge in [0.2, 0.25) is 5.91 Å². The molecule has 1 amide bonds. The summed E-state index contributed by atoms with van der Waals surface area (Å²) in [7, 11) is 0. The van der Waals surface area contributed by atoms with E-state index in [4.69, 9.17) is 5.73 Å². The van der Waals surface area contributed by atoms with Crippen LogP contribution in [0.3, 0.4) is 0 Å². The number of thioether (sulfide) groups is 1. The smallest absolute Gasteiger partial charge is 0.315 e. The van der Waals surface area contributed by atoms with Crippen molar-refractivity contribution >= 4 is 28.7 Å². The second-order valence-corrected chi connectivity index (χ2v) is 3.87. The van der Waals surface area contributed by atoms with Crippen LogP contribution in [-0.2, 0) is 4.79 Å². The molecule has 72 valence electrons. The van der Waals surface area contributed by atoms with Crippen molar-refractivity contribution in [3.05, 3.63) is 24.3 Å². The number of fused-ring (bicyclic) bond motifs is 1. The van der Waals surface area contributed by atoms with Crippen molar-refractivity contribution in [1.82, 2.24) is 4.98 Å². The molecule has 0 spiro atoms. The van der Waals surface area contributed by atoms with Crippen molar-refractivity contribution in [2.75, 3.05) is 5.75 Å². The number of carbonyl (C=O) groups excluding carboxylic acids is 1. The summed E-state index contributed by atoms with van der Waals surface area (Å²) in [6.07, 6.45) is 0. The van der Waals surface area contributed by atoms with Crippen molar-refractivity contribution < 1.29 is 9.78 Å². The molecule has 0 atom stereocenters. The minimum absolute atomic E-state index is 0.281. The van der Waals surface area contributed by atoms with E-state index in [2.05, 4.69) is 9.97 Å². The van der Waals surface area contributed by atoms with Crippen LogP contribution in [0.4, 0.5) is 0 Å². The molecule has 0 radical (unpaired) electrons. The maximum absolute atomic E-state index is 10.6. The van der Waals surface area contributed by atoms with Crippen molar-refractivity contribution in [1.29, 1.82) is 0 Å². The molecule has 0 saturated carbocycles. The zero-order valence-corrected chi connectivity index (χ0v) is 8.23. The molecule has 0 aliphatic carbocycles. The van der Waals surface area contributed by atoms with Crippen LogP contribution in [-0.4, -0.2) is 16.6 Å². The van der Waals surface area contributed by atoms with Crippen molar-refractivity contribution in [3.63, 3.8) is 0 Å². The number of primary amides is 1. The Morgan fingerprint density at radius 3 is 3.00 bits per heavy atom. The van der Waals surface area contributed by atoms with E-state index in [-0.39, 0.29) is 11.7 Å². The Kier molecular flexibility index (Phi) is 2.41. The predicted molar refractivity (Wildman–Crippen MR) is 54.8 cm³/mol. The molecular weight excluding hydrogens is 198 g/mol. The van der Waals surface area contributed by atoms with Gasteiger partial charge in [0.25, 0.3) is 0 Å². The second-order valence-electron chi connectivity index (χ2n) is 2.88. The molecule has 0 bridgehead atoms. The van der Waals surface area contributed by atoms with Crippen LogP contribution >= 0.6 is 11.8 Å². The molecule has 0 aliphatic heterocycles. The number of H-pyrrole nitrogens is 2. The number of nitrogens with two attached hydrogens (primary N) is 1. The van der Waals surface area contributed by atoms with Gasteiger partial charge in [-0.2, -0.15) is 0 Å². The summed E-state index contributed by atoms with van der Waals surface area (Å²) in [5.74, 6) is -0.0365. The summed E-state index contributed by atoms with van der Waals surface area (Å²) in [5.41, 5.74) is 7.10. The number of imidazole rings is 1. The first-order valence-corrected chi connectivity index (χ1v) is 5.15. The van der Waals surface area contributed by atoms with Gasteiger partial charge in [-0.3, -0.25) is 4.79 Å². The third-order valence-electron chi connectivity index (χ3n) is 1.78. The Balaban J connectivity index is 2.22. The van der Waals surface area contributed by atoms with Crippen LogP contribution in [0, 0.1) is 0 Å². The molecule has 1 aromatic heterocycles. The van der Waals surface area contributed by atoms with Gasteiger partial charge < -0.3 is 5.73 Å². The van der Waals surface area contributed by atoms with E-state index in [0.717, 1.165) is 16.2 Å². The summed E-state index contributed by atoms with van der Waals surface area (Å²) < 4.78 is 0. The molecule has 2 rings (SSSR count). The SMILES string of the molecule is NC(=O)CSc1[nH]c2ccccc2[nH+]1. The van der Waals surface area contributed by atoms with Gasteiger partial charge in [-0.15, -0.1) is 0 Å². The Morgan fingerprint density at radius 1 is 1.50 bits per heavy atom. The van der Waals surface area contributed by atoms with Gasteiger partial charge in [-0.1, -0.05) is 12.1 Å².